The maximum atomic E-state index is 12.4. The average Bonchev–Trinajstić information content (AvgIpc) is 2.33. The molecule has 118 valence electrons. The standard InChI is InChI=1S/C13H15F4NO3/c14-12(15)20-10-2-1-7(11(5-10)21-13(16)17)6-18-8-3-9(19)4-8/h1-2,5,8-9,12-13,18-19H,3-4,6H2. The normalized spacial score (nSPS) is 21.5. The van der Waals surface area contributed by atoms with Crippen molar-refractivity contribution in [1.82, 2.24) is 5.32 Å². The predicted octanol–water partition coefficient (Wildman–Crippen LogP) is 2.50. The Bertz CT molecular complexity index is 467. The third-order valence-corrected chi connectivity index (χ3v) is 3.17. The number of benzene rings is 1. The van der Waals surface area contributed by atoms with Crippen LogP contribution in [0.15, 0.2) is 18.2 Å². The maximum absolute atomic E-state index is 12.4. The molecule has 1 aliphatic carbocycles. The Hall–Kier alpha value is -1.54. The van der Waals surface area contributed by atoms with Crippen LogP contribution in [0.2, 0.25) is 0 Å². The molecule has 2 N–H and O–H groups in total. The van der Waals surface area contributed by atoms with Crippen LogP contribution in [-0.2, 0) is 6.54 Å². The van der Waals surface area contributed by atoms with Crippen molar-refractivity contribution in [2.24, 2.45) is 0 Å². The second-order valence-electron chi connectivity index (χ2n) is 4.73. The van der Waals surface area contributed by atoms with Crippen LogP contribution in [0.3, 0.4) is 0 Å². The Morgan fingerprint density at radius 2 is 1.81 bits per heavy atom. The Balaban J connectivity index is 2.03. The molecule has 0 spiro atoms. The zero-order valence-corrected chi connectivity index (χ0v) is 10.9. The number of hydrogen-bond donors (Lipinski definition) is 2. The van der Waals surface area contributed by atoms with Crippen molar-refractivity contribution >= 4 is 0 Å². The predicted molar refractivity (Wildman–Crippen MR) is 65.6 cm³/mol. The number of hydrogen-bond acceptors (Lipinski definition) is 4. The Morgan fingerprint density at radius 3 is 2.38 bits per heavy atom. The van der Waals surface area contributed by atoms with Gasteiger partial charge in [-0.25, -0.2) is 0 Å². The second-order valence-corrected chi connectivity index (χ2v) is 4.73. The van der Waals surface area contributed by atoms with E-state index in [0.717, 1.165) is 6.07 Å². The summed E-state index contributed by atoms with van der Waals surface area (Å²) >= 11 is 0. The minimum Gasteiger partial charge on any atom is -0.435 e. The fraction of sp³-hybridized carbons (Fsp3) is 0.538. The van der Waals surface area contributed by atoms with Crippen molar-refractivity contribution in [1.29, 1.82) is 0 Å². The zero-order valence-electron chi connectivity index (χ0n) is 10.9. The first-order valence-electron chi connectivity index (χ1n) is 6.38. The Morgan fingerprint density at radius 1 is 1.14 bits per heavy atom. The third-order valence-electron chi connectivity index (χ3n) is 3.17. The summed E-state index contributed by atoms with van der Waals surface area (Å²) < 4.78 is 57.4. The molecule has 0 heterocycles. The van der Waals surface area contributed by atoms with Crippen LogP contribution >= 0.6 is 0 Å². The molecular formula is C13H15F4NO3. The smallest absolute Gasteiger partial charge is 0.387 e. The van der Waals surface area contributed by atoms with E-state index < -0.39 is 13.2 Å². The number of halogens is 4. The summed E-state index contributed by atoms with van der Waals surface area (Å²) in [5.74, 6) is -0.459. The molecule has 1 saturated carbocycles. The van der Waals surface area contributed by atoms with E-state index in [-0.39, 0.29) is 30.2 Å². The lowest BCUT2D eigenvalue weighted by Crippen LogP contribution is -2.43. The highest BCUT2D eigenvalue weighted by Crippen LogP contribution is 2.28. The lowest BCUT2D eigenvalue weighted by molar-refractivity contribution is -0.0547. The molecule has 0 atom stereocenters. The van der Waals surface area contributed by atoms with Crippen molar-refractivity contribution in [2.45, 2.75) is 44.8 Å². The van der Waals surface area contributed by atoms with Crippen LogP contribution in [0.4, 0.5) is 17.6 Å². The number of rotatable bonds is 7. The van der Waals surface area contributed by atoms with E-state index in [1.165, 1.54) is 12.1 Å². The van der Waals surface area contributed by atoms with Gasteiger partial charge in [-0.15, -0.1) is 0 Å². The SMILES string of the molecule is OC1CC(NCc2ccc(OC(F)F)cc2OC(F)F)C1. The fourth-order valence-electron chi connectivity index (χ4n) is 2.07. The van der Waals surface area contributed by atoms with Gasteiger partial charge in [0.25, 0.3) is 0 Å². The van der Waals surface area contributed by atoms with Gasteiger partial charge in [0.1, 0.15) is 11.5 Å². The van der Waals surface area contributed by atoms with Gasteiger partial charge in [-0.05, 0) is 18.9 Å². The number of aliphatic hydroxyl groups is 1. The highest BCUT2D eigenvalue weighted by atomic mass is 19.3. The number of alkyl halides is 4. The van der Waals surface area contributed by atoms with E-state index in [4.69, 9.17) is 5.11 Å². The molecule has 1 aromatic carbocycles. The molecule has 8 heteroatoms. The molecule has 0 bridgehead atoms. The molecule has 0 radical (unpaired) electrons. The molecule has 0 aliphatic heterocycles. The molecule has 0 unspecified atom stereocenters. The van der Waals surface area contributed by atoms with Crippen molar-refractivity contribution in [3.05, 3.63) is 23.8 Å². The first-order chi connectivity index (χ1) is 9.94. The summed E-state index contributed by atoms with van der Waals surface area (Å²) in [5.41, 5.74) is 0.401. The highest BCUT2D eigenvalue weighted by Gasteiger charge is 2.26. The molecule has 1 fully saturated rings. The minimum absolute atomic E-state index is 0.108. The highest BCUT2D eigenvalue weighted by molar-refractivity contribution is 5.40. The monoisotopic (exact) mass is 309 g/mol. The Labute approximate surface area is 118 Å². The summed E-state index contributed by atoms with van der Waals surface area (Å²) in [6, 6.07) is 3.76. The van der Waals surface area contributed by atoms with Gasteiger partial charge in [0.15, 0.2) is 0 Å². The van der Waals surface area contributed by atoms with E-state index in [2.05, 4.69) is 14.8 Å². The summed E-state index contributed by atoms with van der Waals surface area (Å²) in [5, 5.41) is 12.2. The van der Waals surface area contributed by atoms with Gasteiger partial charge in [0.2, 0.25) is 0 Å². The molecular weight excluding hydrogens is 294 g/mol. The minimum atomic E-state index is -3.06. The summed E-state index contributed by atoms with van der Waals surface area (Å²) in [4.78, 5) is 0. The van der Waals surface area contributed by atoms with Crippen LogP contribution < -0.4 is 14.8 Å². The molecule has 0 saturated heterocycles. The summed E-state index contributed by atoms with van der Waals surface area (Å²) in [6.07, 6.45) is 0.857. The van der Waals surface area contributed by atoms with Crippen LogP contribution in [0.1, 0.15) is 18.4 Å². The van der Waals surface area contributed by atoms with Gasteiger partial charge in [0.05, 0.1) is 6.10 Å². The van der Waals surface area contributed by atoms with Crippen molar-refractivity contribution < 1.29 is 32.1 Å². The molecule has 21 heavy (non-hydrogen) atoms. The zero-order chi connectivity index (χ0) is 15.4. The molecule has 1 aliphatic rings. The van der Waals surface area contributed by atoms with Crippen molar-refractivity contribution in [3.63, 3.8) is 0 Å². The van der Waals surface area contributed by atoms with E-state index >= 15 is 0 Å². The van der Waals surface area contributed by atoms with Gasteiger partial charge in [-0.1, -0.05) is 6.07 Å². The van der Waals surface area contributed by atoms with E-state index in [0.29, 0.717) is 18.4 Å². The van der Waals surface area contributed by atoms with Gasteiger partial charge >= 0.3 is 13.2 Å². The first kappa shape index (κ1) is 15.8. The maximum Gasteiger partial charge on any atom is 0.387 e. The number of ether oxygens (including phenoxy) is 2. The quantitative estimate of drug-likeness (QED) is 0.760. The topological polar surface area (TPSA) is 50.7 Å². The lowest BCUT2D eigenvalue weighted by atomic mass is 9.89. The van der Waals surface area contributed by atoms with Crippen LogP contribution in [0, 0.1) is 0 Å². The molecule has 0 aromatic heterocycles. The van der Waals surface area contributed by atoms with Crippen molar-refractivity contribution in [2.75, 3.05) is 0 Å². The van der Waals surface area contributed by atoms with E-state index in [1.807, 2.05) is 0 Å². The summed E-state index contributed by atoms with van der Waals surface area (Å²) in [7, 11) is 0. The van der Waals surface area contributed by atoms with E-state index in [1.54, 1.807) is 0 Å². The average molecular weight is 309 g/mol. The molecule has 1 aromatic rings. The van der Waals surface area contributed by atoms with Crippen molar-refractivity contribution in [3.8, 4) is 11.5 Å². The van der Waals surface area contributed by atoms with Gasteiger partial charge < -0.3 is 19.9 Å². The number of nitrogens with one attached hydrogen (secondary N) is 1. The molecule has 0 amide bonds. The first-order valence-corrected chi connectivity index (χ1v) is 6.38. The second kappa shape index (κ2) is 6.95. The van der Waals surface area contributed by atoms with Gasteiger partial charge in [-0.3, -0.25) is 0 Å². The molecule has 2 rings (SSSR count). The van der Waals surface area contributed by atoms with E-state index in [9.17, 15) is 17.6 Å². The third kappa shape index (κ3) is 4.75. The number of aliphatic hydroxyl groups excluding tert-OH is 1. The lowest BCUT2D eigenvalue weighted by Gasteiger charge is -2.32. The fourth-order valence-corrected chi connectivity index (χ4v) is 2.07. The Kier molecular flexibility index (Phi) is 5.24. The summed E-state index contributed by atoms with van der Waals surface area (Å²) in [6.45, 7) is -5.87. The van der Waals surface area contributed by atoms with Crippen LogP contribution in [0.5, 0.6) is 11.5 Å². The largest absolute Gasteiger partial charge is 0.435 e. The van der Waals surface area contributed by atoms with Crippen LogP contribution in [0.25, 0.3) is 0 Å². The van der Waals surface area contributed by atoms with Crippen LogP contribution in [-0.4, -0.2) is 30.5 Å². The van der Waals surface area contributed by atoms with Gasteiger partial charge in [-0.2, -0.15) is 17.6 Å². The molecule has 4 nitrogen and oxygen atoms in total. The van der Waals surface area contributed by atoms with Gasteiger partial charge in [0, 0.05) is 24.2 Å².